The molecule has 0 radical (unpaired) electrons. The molecule has 0 aliphatic heterocycles. The summed E-state index contributed by atoms with van der Waals surface area (Å²) in [7, 11) is 0. The van der Waals surface area contributed by atoms with Crippen molar-refractivity contribution in [1.82, 2.24) is 5.32 Å². The van der Waals surface area contributed by atoms with Gasteiger partial charge in [0.15, 0.2) is 0 Å². The smallest absolute Gasteiger partial charge is 0.252 e. The van der Waals surface area contributed by atoms with Crippen LogP contribution in [0.4, 0.5) is 0 Å². The van der Waals surface area contributed by atoms with E-state index in [9.17, 15) is 9.90 Å². The van der Waals surface area contributed by atoms with Crippen LogP contribution < -0.4 is 5.32 Å². The first-order valence-corrected chi connectivity index (χ1v) is 8.55. The van der Waals surface area contributed by atoms with Crippen LogP contribution in [0.15, 0.2) is 52.0 Å². The van der Waals surface area contributed by atoms with Crippen molar-refractivity contribution < 1.29 is 14.3 Å². The van der Waals surface area contributed by atoms with Gasteiger partial charge in [0.25, 0.3) is 5.91 Å². The molecule has 1 heterocycles. The van der Waals surface area contributed by atoms with Crippen molar-refractivity contribution in [3.8, 4) is 0 Å². The van der Waals surface area contributed by atoms with E-state index >= 15 is 0 Å². The van der Waals surface area contributed by atoms with Gasteiger partial charge in [0, 0.05) is 4.90 Å². The average Bonchev–Trinajstić information content (AvgIpc) is 3.27. The van der Waals surface area contributed by atoms with Crippen LogP contribution >= 0.6 is 11.8 Å². The number of hydrogen-bond donors (Lipinski definition) is 2. The summed E-state index contributed by atoms with van der Waals surface area (Å²) in [6.07, 6.45) is 5.39. The maximum atomic E-state index is 12.4. The van der Waals surface area contributed by atoms with Crippen molar-refractivity contribution in [1.29, 1.82) is 0 Å². The molecule has 0 bridgehead atoms. The minimum absolute atomic E-state index is 0.148. The van der Waals surface area contributed by atoms with Gasteiger partial charge in [-0.3, -0.25) is 4.79 Å². The Hall–Kier alpha value is -1.72. The average molecular weight is 317 g/mol. The fourth-order valence-electron chi connectivity index (χ4n) is 2.66. The molecule has 22 heavy (non-hydrogen) atoms. The van der Waals surface area contributed by atoms with E-state index in [2.05, 4.69) is 5.32 Å². The summed E-state index contributed by atoms with van der Waals surface area (Å²) in [5.41, 5.74) is -0.486. The topological polar surface area (TPSA) is 62.5 Å². The number of benzene rings is 1. The Kier molecular flexibility index (Phi) is 4.27. The Bertz CT molecular complexity index is 652. The second kappa shape index (κ2) is 6.18. The molecule has 0 saturated heterocycles. The van der Waals surface area contributed by atoms with Crippen LogP contribution in [0.2, 0.25) is 0 Å². The minimum atomic E-state index is -1.12. The van der Waals surface area contributed by atoms with E-state index in [-0.39, 0.29) is 18.4 Å². The van der Waals surface area contributed by atoms with E-state index < -0.39 is 5.60 Å². The van der Waals surface area contributed by atoms with Gasteiger partial charge in [0.2, 0.25) is 0 Å². The molecule has 1 aliphatic carbocycles. The van der Waals surface area contributed by atoms with Crippen molar-refractivity contribution in [3.63, 3.8) is 0 Å². The summed E-state index contributed by atoms with van der Waals surface area (Å²) in [5.74, 6) is 0.499. The third-order valence-corrected chi connectivity index (χ3v) is 4.87. The number of rotatable bonds is 6. The lowest BCUT2D eigenvalue weighted by molar-refractivity contribution is -0.00613. The first kappa shape index (κ1) is 15.2. The predicted molar refractivity (Wildman–Crippen MR) is 85.9 cm³/mol. The summed E-state index contributed by atoms with van der Waals surface area (Å²) < 4.78 is 5.38. The number of carbonyl (C=O) groups is 1. The normalized spacial score (nSPS) is 17.0. The fourth-order valence-corrected chi connectivity index (χ4v) is 3.26. The van der Waals surface area contributed by atoms with Crippen LogP contribution in [0.3, 0.4) is 0 Å². The maximum absolute atomic E-state index is 12.4. The molecule has 2 N–H and O–H groups in total. The van der Waals surface area contributed by atoms with Gasteiger partial charge < -0.3 is 14.8 Å². The highest BCUT2D eigenvalue weighted by Crippen LogP contribution is 2.45. The van der Waals surface area contributed by atoms with E-state index in [4.69, 9.17) is 4.42 Å². The van der Waals surface area contributed by atoms with Gasteiger partial charge >= 0.3 is 0 Å². The molecule has 116 valence electrons. The third kappa shape index (κ3) is 2.91. The number of carbonyl (C=O) groups excluding carboxylic acids is 1. The number of amides is 1. The quantitative estimate of drug-likeness (QED) is 0.804. The van der Waals surface area contributed by atoms with E-state index in [1.165, 1.54) is 11.8 Å². The summed E-state index contributed by atoms with van der Waals surface area (Å²) in [5, 5.41) is 13.8. The molecule has 2 aromatic rings. The SMILES string of the molecule is CSc1ccccc1C(=O)NC[C@](O)(c1ccco1)C1CC1. The Balaban J connectivity index is 1.74. The number of thioether (sulfide) groups is 1. The lowest BCUT2D eigenvalue weighted by Crippen LogP contribution is -2.42. The molecule has 1 saturated carbocycles. The molecule has 0 unspecified atom stereocenters. The predicted octanol–water partition coefficient (Wildman–Crippen LogP) is 3.03. The highest BCUT2D eigenvalue weighted by Gasteiger charge is 2.47. The monoisotopic (exact) mass is 317 g/mol. The molecule has 1 aromatic heterocycles. The van der Waals surface area contributed by atoms with Crippen LogP contribution in [0, 0.1) is 5.92 Å². The number of aliphatic hydroxyl groups is 1. The standard InChI is InChI=1S/C17H19NO3S/c1-22-14-6-3-2-5-13(14)16(19)18-11-17(20,12-8-9-12)15-7-4-10-21-15/h2-7,10,12,20H,8-9,11H2,1H3,(H,18,19)/t17-/m1/s1. The van der Waals surface area contributed by atoms with Crippen molar-refractivity contribution in [3.05, 3.63) is 54.0 Å². The molecule has 5 heteroatoms. The lowest BCUT2D eigenvalue weighted by atomic mass is 9.94. The second-order valence-electron chi connectivity index (χ2n) is 5.56. The van der Waals surface area contributed by atoms with Gasteiger partial charge in [-0.1, -0.05) is 12.1 Å². The Morgan fingerprint density at radius 2 is 2.14 bits per heavy atom. The van der Waals surface area contributed by atoms with Gasteiger partial charge in [0.1, 0.15) is 11.4 Å². The summed E-state index contributed by atoms with van der Waals surface area (Å²) in [4.78, 5) is 13.3. The van der Waals surface area contributed by atoms with Gasteiger partial charge in [-0.05, 0) is 49.3 Å². The van der Waals surface area contributed by atoms with Gasteiger partial charge in [-0.2, -0.15) is 0 Å². The molecule has 1 amide bonds. The van der Waals surface area contributed by atoms with E-state index in [1.807, 2.05) is 24.5 Å². The first-order chi connectivity index (χ1) is 10.6. The minimum Gasteiger partial charge on any atom is -0.466 e. The van der Waals surface area contributed by atoms with Crippen LogP contribution in [-0.2, 0) is 5.60 Å². The first-order valence-electron chi connectivity index (χ1n) is 7.32. The van der Waals surface area contributed by atoms with Crippen molar-refractivity contribution >= 4 is 17.7 Å². The molecule has 1 aromatic carbocycles. The molecule has 3 rings (SSSR count). The largest absolute Gasteiger partial charge is 0.466 e. The molecular weight excluding hydrogens is 298 g/mol. The van der Waals surface area contributed by atoms with E-state index in [0.717, 1.165) is 17.7 Å². The van der Waals surface area contributed by atoms with Crippen molar-refractivity contribution in [2.75, 3.05) is 12.8 Å². The number of furan rings is 1. The lowest BCUT2D eigenvalue weighted by Gasteiger charge is -2.26. The molecule has 4 nitrogen and oxygen atoms in total. The summed E-state index contributed by atoms with van der Waals surface area (Å²) >= 11 is 1.53. The molecule has 1 fully saturated rings. The van der Waals surface area contributed by atoms with Crippen LogP contribution in [0.5, 0.6) is 0 Å². The van der Waals surface area contributed by atoms with Crippen LogP contribution in [0.1, 0.15) is 29.0 Å². The third-order valence-electron chi connectivity index (χ3n) is 4.07. The number of hydrogen-bond acceptors (Lipinski definition) is 4. The van der Waals surface area contributed by atoms with Gasteiger partial charge in [0.05, 0.1) is 18.4 Å². The van der Waals surface area contributed by atoms with E-state index in [0.29, 0.717) is 11.3 Å². The molecular formula is C17H19NO3S. The zero-order valence-corrected chi connectivity index (χ0v) is 13.2. The summed E-state index contributed by atoms with van der Waals surface area (Å²) in [6, 6.07) is 11.0. The van der Waals surface area contributed by atoms with Crippen LogP contribution in [-0.4, -0.2) is 23.8 Å². The Morgan fingerprint density at radius 1 is 1.36 bits per heavy atom. The highest BCUT2D eigenvalue weighted by atomic mass is 32.2. The highest BCUT2D eigenvalue weighted by molar-refractivity contribution is 7.98. The number of nitrogens with one attached hydrogen (secondary N) is 1. The van der Waals surface area contributed by atoms with Gasteiger partial charge in [-0.15, -0.1) is 11.8 Å². The van der Waals surface area contributed by atoms with Gasteiger partial charge in [-0.25, -0.2) is 0 Å². The van der Waals surface area contributed by atoms with Crippen LogP contribution in [0.25, 0.3) is 0 Å². The maximum Gasteiger partial charge on any atom is 0.252 e. The Morgan fingerprint density at radius 3 is 2.77 bits per heavy atom. The second-order valence-corrected chi connectivity index (χ2v) is 6.41. The zero-order valence-electron chi connectivity index (χ0n) is 12.4. The molecule has 1 aliphatic rings. The zero-order chi connectivity index (χ0) is 15.6. The Labute approximate surface area is 133 Å². The summed E-state index contributed by atoms with van der Waals surface area (Å²) in [6.45, 7) is 0.159. The molecule has 0 spiro atoms. The van der Waals surface area contributed by atoms with Crippen molar-refractivity contribution in [2.24, 2.45) is 5.92 Å². The fraction of sp³-hybridized carbons (Fsp3) is 0.353. The van der Waals surface area contributed by atoms with Crippen molar-refractivity contribution in [2.45, 2.75) is 23.3 Å². The van der Waals surface area contributed by atoms with E-state index in [1.54, 1.807) is 24.5 Å². The molecule has 1 atom stereocenters.